The number of esters is 1. The van der Waals surface area contributed by atoms with E-state index < -0.39 is 5.91 Å². The van der Waals surface area contributed by atoms with Crippen LogP contribution in [-0.4, -0.2) is 18.5 Å². The second kappa shape index (κ2) is 10.00. The average Bonchev–Trinajstić information content (AvgIpc) is 2.66. The fourth-order valence-corrected chi connectivity index (χ4v) is 2.35. The standard InChI is InChI=1S/C20H18ClN3O3/c1-2-27-20(26)15-8-6-14(7-9-15)12-23-13-16(11-22)19(25)24-18-5-3-4-17(21)10-18/h3-10,13,23H,2,12H2,1H3,(H,24,25)/b16-13-. The summed E-state index contributed by atoms with van der Waals surface area (Å²) in [6, 6.07) is 15.4. The molecule has 0 radical (unpaired) electrons. The highest BCUT2D eigenvalue weighted by Crippen LogP contribution is 2.15. The molecule has 2 N–H and O–H groups in total. The molecule has 0 aliphatic carbocycles. The normalized spacial score (nSPS) is 10.6. The van der Waals surface area contributed by atoms with Crippen LogP contribution in [0, 0.1) is 11.3 Å². The number of nitriles is 1. The zero-order chi connectivity index (χ0) is 19.6. The molecule has 0 saturated carbocycles. The maximum absolute atomic E-state index is 12.1. The molecule has 27 heavy (non-hydrogen) atoms. The van der Waals surface area contributed by atoms with Gasteiger partial charge in [-0.3, -0.25) is 4.79 Å². The highest BCUT2D eigenvalue weighted by Gasteiger charge is 2.09. The largest absolute Gasteiger partial charge is 0.462 e. The van der Waals surface area contributed by atoms with Crippen molar-refractivity contribution in [2.45, 2.75) is 13.5 Å². The summed E-state index contributed by atoms with van der Waals surface area (Å²) in [5, 5.41) is 15.2. The average molecular weight is 384 g/mol. The molecule has 2 aromatic carbocycles. The van der Waals surface area contributed by atoms with E-state index >= 15 is 0 Å². The molecular weight excluding hydrogens is 366 g/mol. The first-order valence-electron chi connectivity index (χ1n) is 8.20. The van der Waals surface area contributed by atoms with E-state index in [9.17, 15) is 14.9 Å². The van der Waals surface area contributed by atoms with E-state index in [2.05, 4.69) is 10.6 Å². The molecule has 0 heterocycles. The van der Waals surface area contributed by atoms with Gasteiger partial charge in [0.1, 0.15) is 11.6 Å². The molecule has 0 atom stereocenters. The van der Waals surface area contributed by atoms with Crippen LogP contribution in [0.2, 0.25) is 5.02 Å². The second-order valence-corrected chi connectivity index (χ2v) is 5.87. The fourth-order valence-electron chi connectivity index (χ4n) is 2.16. The van der Waals surface area contributed by atoms with Gasteiger partial charge >= 0.3 is 5.97 Å². The Morgan fingerprint density at radius 2 is 1.96 bits per heavy atom. The second-order valence-electron chi connectivity index (χ2n) is 5.43. The number of carbonyl (C=O) groups excluding carboxylic acids is 2. The summed E-state index contributed by atoms with van der Waals surface area (Å²) in [6.07, 6.45) is 1.35. The molecule has 7 heteroatoms. The Bertz CT molecular complexity index is 886. The van der Waals surface area contributed by atoms with Gasteiger partial charge in [-0.2, -0.15) is 5.26 Å². The van der Waals surface area contributed by atoms with E-state index in [1.165, 1.54) is 6.20 Å². The van der Waals surface area contributed by atoms with E-state index in [-0.39, 0.29) is 11.5 Å². The van der Waals surface area contributed by atoms with Gasteiger partial charge in [-0.1, -0.05) is 29.8 Å². The van der Waals surface area contributed by atoms with Crippen molar-refractivity contribution >= 4 is 29.2 Å². The van der Waals surface area contributed by atoms with Gasteiger partial charge in [0.05, 0.1) is 12.2 Å². The first-order valence-corrected chi connectivity index (χ1v) is 8.58. The van der Waals surface area contributed by atoms with Crippen molar-refractivity contribution in [3.63, 3.8) is 0 Å². The third kappa shape index (κ3) is 6.17. The lowest BCUT2D eigenvalue weighted by atomic mass is 10.1. The van der Waals surface area contributed by atoms with Gasteiger partial charge in [-0.15, -0.1) is 0 Å². The first kappa shape index (κ1) is 20.0. The van der Waals surface area contributed by atoms with Crippen LogP contribution in [0.25, 0.3) is 0 Å². The van der Waals surface area contributed by atoms with Crippen molar-refractivity contribution in [3.05, 3.63) is 76.5 Å². The summed E-state index contributed by atoms with van der Waals surface area (Å²) in [6.45, 7) is 2.46. The van der Waals surface area contributed by atoms with Gasteiger partial charge in [0, 0.05) is 23.5 Å². The minimum atomic E-state index is -0.537. The molecule has 0 aliphatic heterocycles. The lowest BCUT2D eigenvalue weighted by molar-refractivity contribution is -0.112. The van der Waals surface area contributed by atoms with E-state index in [4.69, 9.17) is 16.3 Å². The summed E-state index contributed by atoms with van der Waals surface area (Å²) in [5.41, 5.74) is 1.78. The Morgan fingerprint density at radius 1 is 1.22 bits per heavy atom. The van der Waals surface area contributed by atoms with Gasteiger partial charge in [0.25, 0.3) is 5.91 Å². The zero-order valence-corrected chi connectivity index (χ0v) is 15.4. The zero-order valence-electron chi connectivity index (χ0n) is 14.7. The highest BCUT2D eigenvalue weighted by atomic mass is 35.5. The van der Waals surface area contributed by atoms with Crippen molar-refractivity contribution in [3.8, 4) is 6.07 Å². The molecule has 0 unspecified atom stereocenters. The lowest BCUT2D eigenvalue weighted by Gasteiger charge is -2.06. The maximum Gasteiger partial charge on any atom is 0.338 e. The highest BCUT2D eigenvalue weighted by molar-refractivity contribution is 6.31. The number of amides is 1. The molecule has 0 bridgehead atoms. The topological polar surface area (TPSA) is 91.2 Å². The monoisotopic (exact) mass is 383 g/mol. The number of anilines is 1. The summed E-state index contributed by atoms with van der Waals surface area (Å²) in [4.78, 5) is 23.8. The van der Waals surface area contributed by atoms with Crippen molar-refractivity contribution in [2.24, 2.45) is 0 Å². The van der Waals surface area contributed by atoms with Crippen LogP contribution in [-0.2, 0) is 16.1 Å². The van der Waals surface area contributed by atoms with Gasteiger partial charge in [-0.05, 0) is 42.8 Å². The maximum atomic E-state index is 12.1. The smallest absolute Gasteiger partial charge is 0.338 e. The Kier molecular flexibility index (Phi) is 7.41. The van der Waals surface area contributed by atoms with Crippen LogP contribution in [0.5, 0.6) is 0 Å². The van der Waals surface area contributed by atoms with Gasteiger partial charge in [0.15, 0.2) is 0 Å². The summed E-state index contributed by atoms with van der Waals surface area (Å²) in [7, 11) is 0. The predicted octanol–water partition coefficient (Wildman–Crippen LogP) is 3.65. The van der Waals surface area contributed by atoms with Gasteiger partial charge < -0.3 is 15.4 Å². The number of benzene rings is 2. The molecule has 2 aromatic rings. The molecule has 0 aliphatic rings. The molecule has 0 aromatic heterocycles. The van der Waals surface area contributed by atoms with Gasteiger partial charge in [0.2, 0.25) is 0 Å². The van der Waals surface area contributed by atoms with Crippen LogP contribution in [0.1, 0.15) is 22.8 Å². The first-order chi connectivity index (χ1) is 13.0. The van der Waals surface area contributed by atoms with Crippen LogP contribution < -0.4 is 10.6 Å². The van der Waals surface area contributed by atoms with Crippen LogP contribution >= 0.6 is 11.6 Å². The van der Waals surface area contributed by atoms with E-state index in [1.54, 1.807) is 55.5 Å². The predicted molar refractivity (Wildman–Crippen MR) is 103 cm³/mol. The molecular formula is C20H18ClN3O3. The SMILES string of the molecule is CCOC(=O)c1ccc(CN/C=C(/C#N)C(=O)Nc2cccc(Cl)c2)cc1. The number of ether oxygens (including phenoxy) is 1. The van der Waals surface area contributed by atoms with Gasteiger partial charge in [-0.25, -0.2) is 4.79 Å². The summed E-state index contributed by atoms with van der Waals surface area (Å²) >= 11 is 5.87. The number of nitrogens with zero attached hydrogens (tertiary/aromatic N) is 1. The minimum absolute atomic E-state index is 0.0712. The number of halogens is 1. The number of carbonyl (C=O) groups is 2. The summed E-state index contributed by atoms with van der Waals surface area (Å²) < 4.78 is 4.92. The molecule has 6 nitrogen and oxygen atoms in total. The number of nitrogens with one attached hydrogen (secondary N) is 2. The third-order valence-corrected chi connectivity index (χ3v) is 3.70. The molecule has 138 valence electrons. The van der Waals surface area contributed by atoms with Crippen LogP contribution in [0.4, 0.5) is 5.69 Å². The van der Waals surface area contributed by atoms with E-state index in [1.807, 2.05) is 6.07 Å². The lowest BCUT2D eigenvalue weighted by Crippen LogP contribution is -2.16. The number of rotatable bonds is 7. The van der Waals surface area contributed by atoms with Crippen molar-refractivity contribution in [1.29, 1.82) is 5.26 Å². The minimum Gasteiger partial charge on any atom is -0.462 e. The van der Waals surface area contributed by atoms with Crippen LogP contribution in [0.3, 0.4) is 0 Å². The molecule has 0 fully saturated rings. The summed E-state index contributed by atoms with van der Waals surface area (Å²) in [5.74, 6) is -0.911. The van der Waals surface area contributed by atoms with Crippen molar-refractivity contribution < 1.29 is 14.3 Å². The Morgan fingerprint density at radius 3 is 2.59 bits per heavy atom. The molecule has 1 amide bonds. The quantitative estimate of drug-likeness (QED) is 0.432. The van der Waals surface area contributed by atoms with E-state index in [0.29, 0.717) is 29.4 Å². The molecule has 0 spiro atoms. The fraction of sp³-hybridized carbons (Fsp3) is 0.150. The third-order valence-electron chi connectivity index (χ3n) is 3.47. The Hall–Kier alpha value is -3.30. The van der Waals surface area contributed by atoms with Crippen LogP contribution in [0.15, 0.2) is 60.3 Å². The van der Waals surface area contributed by atoms with E-state index in [0.717, 1.165) is 5.56 Å². The van der Waals surface area contributed by atoms with Crippen molar-refractivity contribution in [1.82, 2.24) is 5.32 Å². The molecule has 0 saturated heterocycles. The number of hydrogen-bond donors (Lipinski definition) is 2. The number of hydrogen-bond acceptors (Lipinski definition) is 5. The van der Waals surface area contributed by atoms with Crippen molar-refractivity contribution in [2.75, 3.05) is 11.9 Å². The Balaban J connectivity index is 1.94. The Labute approximate surface area is 162 Å². The molecule has 2 rings (SSSR count).